The average molecular weight is 442 g/mol. The Balaban J connectivity index is 0. The molecule has 0 spiro atoms. The summed E-state index contributed by atoms with van der Waals surface area (Å²) in [6.07, 6.45) is 0.913. The van der Waals surface area contributed by atoms with Crippen molar-refractivity contribution in [1.82, 2.24) is 15.5 Å². The van der Waals surface area contributed by atoms with E-state index in [0.29, 0.717) is 17.8 Å². The van der Waals surface area contributed by atoms with Gasteiger partial charge in [0.1, 0.15) is 6.54 Å². The van der Waals surface area contributed by atoms with Crippen molar-refractivity contribution in [2.45, 2.75) is 34.1 Å². The molecule has 0 aromatic heterocycles. The lowest BCUT2D eigenvalue weighted by Gasteiger charge is -2.15. The molecule has 0 saturated carbocycles. The number of guanidine groups is 1. The van der Waals surface area contributed by atoms with Crippen LogP contribution < -0.4 is 10.6 Å². The maximum Gasteiger partial charge on any atom is 0.243 e. The van der Waals surface area contributed by atoms with Gasteiger partial charge in [-0.1, -0.05) is 27.7 Å². The summed E-state index contributed by atoms with van der Waals surface area (Å²) in [5, 5.41) is 6.50. The van der Waals surface area contributed by atoms with Gasteiger partial charge in [-0.3, -0.25) is 4.79 Å². The number of ether oxygens (including phenoxy) is 1. The number of nitrogens with one attached hydrogen (secondary N) is 2. The van der Waals surface area contributed by atoms with Crippen LogP contribution in [0.25, 0.3) is 0 Å². The minimum absolute atomic E-state index is 0. The van der Waals surface area contributed by atoms with E-state index in [1.165, 1.54) is 0 Å². The molecule has 7 heteroatoms. The van der Waals surface area contributed by atoms with Crippen molar-refractivity contribution < 1.29 is 9.53 Å². The number of carbonyl (C=O) groups excluding carboxylic acids is 1. The summed E-state index contributed by atoms with van der Waals surface area (Å²) in [6.45, 7) is 11.8. The lowest BCUT2D eigenvalue weighted by Crippen LogP contribution is -2.40. The topological polar surface area (TPSA) is 66.0 Å². The van der Waals surface area contributed by atoms with Crippen LogP contribution in [0.5, 0.6) is 0 Å². The summed E-state index contributed by atoms with van der Waals surface area (Å²) in [4.78, 5) is 17.5. The Hall–Kier alpha value is -0.570. The van der Waals surface area contributed by atoms with Crippen molar-refractivity contribution in [3.8, 4) is 0 Å². The van der Waals surface area contributed by atoms with E-state index in [4.69, 9.17) is 4.74 Å². The summed E-state index contributed by atoms with van der Waals surface area (Å²) in [5.74, 6) is 1.76. The summed E-state index contributed by atoms with van der Waals surface area (Å²) in [6, 6.07) is 0. The second-order valence-corrected chi connectivity index (χ2v) is 6.48. The maximum absolute atomic E-state index is 11.6. The van der Waals surface area contributed by atoms with Crippen LogP contribution in [-0.2, 0) is 9.53 Å². The summed E-state index contributed by atoms with van der Waals surface area (Å²) in [5.41, 5.74) is 0. The monoisotopic (exact) mass is 442 g/mol. The van der Waals surface area contributed by atoms with Gasteiger partial charge in [0.2, 0.25) is 5.91 Å². The van der Waals surface area contributed by atoms with Crippen LogP contribution in [0, 0.1) is 11.8 Å². The molecule has 0 aliphatic carbocycles. The SMILES string of the molecule is CC(C)CNC(=NCC(=O)N(C)C)NCCCOCC(C)C.I. The number of hydrogen-bond donors (Lipinski definition) is 2. The number of rotatable bonds is 10. The molecule has 0 rings (SSSR count). The summed E-state index contributed by atoms with van der Waals surface area (Å²) < 4.78 is 5.54. The largest absolute Gasteiger partial charge is 0.381 e. The molecule has 6 nitrogen and oxygen atoms in total. The minimum Gasteiger partial charge on any atom is -0.381 e. The molecule has 23 heavy (non-hydrogen) atoms. The molecule has 0 bridgehead atoms. The highest BCUT2D eigenvalue weighted by molar-refractivity contribution is 14.0. The summed E-state index contributed by atoms with van der Waals surface area (Å²) in [7, 11) is 3.47. The van der Waals surface area contributed by atoms with Crippen LogP contribution in [0.2, 0.25) is 0 Å². The highest BCUT2D eigenvalue weighted by Gasteiger charge is 2.05. The predicted molar refractivity (Wildman–Crippen MR) is 108 cm³/mol. The number of hydrogen-bond acceptors (Lipinski definition) is 3. The molecular formula is C16H35IN4O2. The Labute approximate surface area is 158 Å². The maximum atomic E-state index is 11.6. The van der Waals surface area contributed by atoms with E-state index in [-0.39, 0.29) is 36.4 Å². The van der Waals surface area contributed by atoms with Gasteiger partial charge < -0.3 is 20.3 Å². The van der Waals surface area contributed by atoms with E-state index in [9.17, 15) is 4.79 Å². The molecular weight excluding hydrogens is 407 g/mol. The van der Waals surface area contributed by atoms with Crippen molar-refractivity contribution in [3.05, 3.63) is 0 Å². The van der Waals surface area contributed by atoms with E-state index in [0.717, 1.165) is 32.7 Å². The van der Waals surface area contributed by atoms with Crippen molar-refractivity contribution in [3.63, 3.8) is 0 Å². The molecule has 0 heterocycles. The Kier molecular flexibility index (Phi) is 16.1. The van der Waals surface area contributed by atoms with E-state index >= 15 is 0 Å². The first kappa shape index (κ1) is 24.7. The first-order valence-electron chi connectivity index (χ1n) is 8.13. The molecule has 0 aliphatic rings. The van der Waals surface area contributed by atoms with Gasteiger partial charge in [0.05, 0.1) is 0 Å². The highest BCUT2D eigenvalue weighted by Crippen LogP contribution is 1.93. The summed E-state index contributed by atoms with van der Waals surface area (Å²) >= 11 is 0. The Morgan fingerprint density at radius 2 is 1.78 bits per heavy atom. The molecule has 0 unspecified atom stereocenters. The Bertz CT molecular complexity index is 334. The van der Waals surface area contributed by atoms with Crippen LogP contribution in [0.15, 0.2) is 4.99 Å². The third-order valence-electron chi connectivity index (χ3n) is 2.76. The number of amides is 1. The van der Waals surface area contributed by atoms with Crippen LogP contribution in [0.1, 0.15) is 34.1 Å². The average Bonchev–Trinajstić information content (AvgIpc) is 2.43. The van der Waals surface area contributed by atoms with Gasteiger partial charge in [0.25, 0.3) is 0 Å². The first-order chi connectivity index (χ1) is 10.3. The van der Waals surface area contributed by atoms with Gasteiger partial charge in [-0.15, -0.1) is 24.0 Å². The van der Waals surface area contributed by atoms with E-state index < -0.39 is 0 Å². The smallest absolute Gasteiger partial charge is 0.243 e. The third kappa shape index (κ3) is 16.1. The fourth-order valence-corrected chi connectivity index (χ4v) is 1.46. The lowest BCUT2D eigenvalue weighted by molar-refractivity contribution is -0.127. The predicted octanol–water partition coefficient (Wildman–Crippen LogP) is 1.95. The van der Waals surface area contributed by atoms with Crippen LogP contribution >= 0.6 is 24.0 Å². The second kappa shape index (κ2) is 15.0. The number of nitrogens with zero attached hydrogens (tertiary/aromatic N) is 2. The fraction of sp³-hybridized carbons (Fsp3) is 0.875. The Morgan fingerprint density at radius 3 is 2.30 bits per heavy atom. The van der Waals surface area contributed by atoms with Crippen LogP contribution in [0.3, 0.4) is 0 Å². The van der Waals surface area contributed by atoms with Crippen LogP contribution in [-0.4, -0.2) is 63.7 Å². The molecule has 0 aromatic rings. The van der Waals surface area contributed by atoms with Gasteiger partial charge in [0, 0.05) is 40.4 Å². The standard InChI is InChI=1S/C16H34N4O2.HI/c1-13(2)10-18-16(19-11-15(21)20(5)6)17-8-7-9-22-12-14(3)4;/h13-14H,7-12H2,1-6H3,(H2,17,18,19);1H. The first-order valence-corrected chi connectivity index (χ1v) is 8.13. The molecule has 0 atom stereocenters. The minimum atomic E-state index is -0.00841. The van der Waals surface area contributed by atoms with Crippen LogP contribution in [0.4, 0.5) is 0 Å². The zero-order valence-corrected chi connectivity index (χ0v) is 17.8. The zero-order chi connectivity index (χ0) is 17.0. The quantitative estimate of drug-likeness (QED) is 0.235. The fourth-order valence-electron chi connectivity index (χ4n) is 1.46. The molecule has 0 saturated heterocycles. The van der Waals surface area contributed by atoms with Crippen molar-refractivity contribution in [1.29, 1.82) is 0 Å². The molecule has 0 aromatic carbocycles. The van der Waals surface area contributed by atoms with Crippen molar-refractivity contribution >= 4 is 35.8 Å². The Morgan fingerprint density at radius 1 is 1.13 bits per heavy atom. The normalized spacial score (nSPS) is 11.4. The van der Waals surface area contributed by atoms with Crippen molar-refractivity contribution in [2.24, 2.45) is 16.8 Å². The van der Waals surface area contributed by atoms with Gasteiger partial charge in [-0.25, -0.2) is 4.99 Å². The van der Waals surface area contributed by atoms with E-state index in [1.54, 1.807) is 19.0 Å². The lowest BCUT2D eigenvalue weighted by atomic mass is 10.2. The van der Waals surface area contributed by atoms with E-state index in [2.05, 4.69) is 43.3 Å². The molecule has 0 aliphatic heterocycles. The molecule has 138 valence electrons. The molecule has 0 radical (unpaired) electrons. The van der Waals surface area contributed by atoms with Gasteiger partial charge in [-0.05, 0) is 18.3 Å². The number of aliphatic imine (C=N–C) groups is 1. The number of halogens is 1. The van der Waals surface area contributed by atoms with E-state index in [1.807, 2.05) is 0 Å². The molecule has 0 fully saturated rings. The number of carbonyl (C=O) groups is 1. The van der Waals surface area contributed by atoms with Gasteiger partial charge in [-0.2, -0.15) is 0 Å². The van der Waals surface area contributed by atoms with Gasteiger partial charge in [0.15, 0.2) is 5.96 Å². The zero-order valence-electron chi connectivity index (χ0n) is 15.5. The van der Waals surface area contributed by atoms with Crippen molar-refractivity contribution in [2.75, 3.05) is 46.9 Å². The number of likely N-dealkylation sites (N-methyl/N-ethyl adjacent to an activating group) is 1. The molecule has 2 N–H and O–H groups in total. The molecule has 1 amide bonds. The second-order valence-electron chi connectivity index (χ2n) is 6.48. The van der Waals surface area contributed by atoms with Gasteiger partial charge >= 0.3 is 0 Å². The highest BCUT2D eigenvalue weighted by atomic mass is 127. The third-order valence-corrected chi connectivity index (χ3v) is 2.76.